The molecule has 1 rings (SSSR count). The van der Waals surface area contributed by atoms with Crippen LogP contribution in [0, 0.1) is 0 Å². The number of carbonyl (C=O) groups excluding carboxylic acids is 2. The summed E-state index contributed by atoms with van der Waals surface area (Å²) in [5, 5.41) is 0. The van der Waals surface area contributed by atoms with E-state index in [1.54, 1.807) is 13.8 Å². The molecule has 1 aliphatic rings. The molecule has 4 heteroatoms. The van der Waals surface area contributed by atoms with Crippen LogP contribution in [-0.2, 0) is 19.1 Å². The van der Waals surface area contributed by atoms with Crippen molar-refractivity contribution in [2.24, 2.45) is 0 Å². The molecule has 4 nitrogen and oxygen atoms in total. The van der Waals surface area contributed by atoms with Gasteiger partial charge in [-0.15, -0.1) is 0 Å². The fourth-order valence-electron chi connectivity index (χ4n) is 2.15. The number of esters is 2. The number of hydrogen-bond acceptors (Lipinski definition) is 4. The van der Waals surface area contributed by atoms with Crippen molar-refractivity contribution in [2.75, 3.05) is 13.2 Å². The average molecular weight is 254 g/mol. The molecular weight excluding hydrogens is 232 g/mol. The van der Waals surface area contributed by atoms with Gasteiger partial charge in [-0.25, -0.2) is 9.59 Å². The minimum atomic E-state index is -0.359. The lowest BCUT2D eigenvalue weighted by molar-refractivity contribution is -0.142. The molecule has 1 aliphatic carbocycles. The van der Waals surface area contributed by atoms with Crippen LogP contribution in [-0.4, -0.2) is 25.2 Å². The van der Waals surface area contributed by atoms with Gasteiger partial charge in [0.05, 0.1) is 13.2 Å². The molecule has 0 heterocycles. The fraction of sp³-hybridized carbons (Fsp3) is 0.714. The third-order valence-corrected chi connectivity index (χ3v) is 3.01. The normalized spacial score (nSPS) is 16.8. The van der Waals surface area contributed by atoms with Gasteiger partial charge in [0.2, 0.25) is 0 Å². The Bertz CT molecular complexity index is 299. The van der Waals surface area contributed by atoms with Gasteiger partial charge < -0.3 is 9.47 Å². The molecule has 0 saturated carbocycles. The van der Waals surface area contributed by atoms with Crippen LogP contribution in [0.1, 0.15) is 52.4 Å². The molecule has 0 atom stereocenters. The monoisotopic (exact) mass is 254 g/mol. The lowest BCUT2D eigenvalue weighted by Crippen LogP contribution is -2.18. The van der Waals surface area contributed by atoms with E-state index in [4.69, 9.17) is 9.47 Å². The molecule has 18 heavy (non-hydrogen) atoms. The standard InChI is InChI=1S/C14H22O4/c1-3-17-13(15)11-9-7-5-6-8-10-12(11)14(16)18-4-2/h3-10H2,1-2H3. The predicted molar refractivity (Wildman–Crippen MR) is 68.0 cm³/mol. The molecule has 0 bridgehead atoms. The summed E-state index contributed by atoms with van der Waals surface area (Å²) in [6, 6.07) is 0. The van der Waals surface area contributed by atoms with Crippen LogP contribution in [0.3, 0.4) is 0 Å². The molecular formula is C14H22O4. The molecule has 0 amide bonds. The van der Waals surface area contributed by atoms with Crippen molar-refractivity contribution < 1.29 is 19.1 Å². The first-order valence-electron chi connectivity index (χ1n) is 6.77. The fourth-order valence-corrected chi connectivity index (χ4v) is 2.15. The molecule has 0 aromatic rings. The quantitative estimate of drug-likeness (QED) is 0.724. The Kier molecular flexibility index (Phi) is 6.47. The van der Waals surface area contributed by atoms with Crippen molar-refractivity contribution in [3.05, 3.63) is 11.1 Å². The van der Waals surface area contributed by atoms with Crippen LogP contribution >= 0.6 is 0 Å². The molecule has 0 radical (unpaired) electrons. The molecule has 0 unspecified atom stereocenters. The maximum atomic E-state index is 11.9. The summed E-state index contributed by atoms with van der Waals surface area (Å²) >= 11 is 0. The van der Waals surface area contributed by atoms with Gasteiger partial charge in [0.25, 0.3) is 0 Å². The van der Waals surface area contributed by atoms with E-state index in [-0.39, 0.29) is 11.9 Å². The van der Waals surface area contributed by atoms with Crippen LogP contribution in [0.5, 0.6) is 0 Å². The Morgan fingerprint density at radius 2 is 1.22 bits per heavy atom. The zero-order chi connectivity index (χ0) is 13.4. The number of rotatable bonds is 4. The van der Waals surface area contributed by atoms with Gasteiger partial charge in [-0.2, -0.15) is 0 Å². The van der Waals surface area contributed by atoms with E-state index in [0.29, 0.717) is 37.2 Å². The van der Waals surface area contributed by atoms with Crippen molar-refractivity contribution in [2.45, 2.75) is 52.4 Å². The number of carbonyl (C=O) groups is 2. The molecule has 0 fully saturated rings. The minimum absolute atomic E-state index is 0.332. The molecule has 0 aliphatic heterocycles. The Morgan fingerprint density at radius 3 is 1.56 bits per heavy atom. The Morgan fingerprint density at radius 1 is 0.833 bits per heavy atom. The van der Waals surface area contributed by atoms with Gasteiger partial charge in [-0.3, -0.25) is 0 Å². The summed E-state index contributed by atoms with van der Waals surface area (Å²) in [5.74, 6) is -0.718. The van der Waals surface area contributed by atoms with E-state index < -0.39 is 0 Å². The van der Waals surface area contributed by atoms with Crippen molar-refractivity contribution in [3.63, 3.8) is 0 Å². The summed E-state index contributed by atoms with van der Waals surface area (Å²) in [7, 11) is 0. The minimum Gasteiger partial charge on any atom is -0.463 e. The Hall–Kier alpha value is -1.32. The van der Waals surface area contributed by atoms with Gasteiger partial charge in [0.1, 0.15) is 0 Å². The second-order valence-electron chi connectivity index (χ2n) is 4.31. The lowest BCUT2D eigenvalue weighted by atomic mass is 9.93. The summed E-state index contributed by atoms with van der Waals surface area (Å²) in [6.07, 6.45) is 5.28. The summed E-state index contributed by atoms with van der Waals surface area (Å²) in [5.41, 5.74) is 1.05. The predicted octanol–water partition coefficient (Wildman–Crippen LogP) is 2.76. The van der Waals surface area contributed by atoms with Crippen molar-refractivity contribution in [1.29, 1.82) is 0 Å². The van der Waals surface area contributed by atoms with E-state index >= 15 is 0 Å². The first-order valence-corrected chi connectivity index (χ1v) is 6.77. The van der Waals surface area contributed by atoms with Crippen LogP contribution in [0.15, 0.2) is 11.1 Å². The zero-order valence-electron chi connectivity index (χ0n) is 11.3. The van der Waals surface area contributed by atoms with Crippen LogP contribution in [0.25, 0.3) is 0 Å². The van der Waals surface area contributed by atoms with Gasteiger partial charge in [0, 0.05) is 11.1 Å². The molecule has 0 saturated heterocycles. The van der Waals surface area contributed by atoms with Gasteiger partial charge in [-0.05, 0) is 39.5 Å². The maximum Gasteiger partial charge on any atom is 0.334 e. The first-order chi connectivity index (χ1) is 8.70. The van der Waals surface area contributed by atoms with Crippen molar-refractivity contribution in [1.82, 2.24) is 0 Å². The van der Waals surface area contributed by atoms with E-state index in [1.807, 2.05) is 0 Å². The highest BCUT2D eigenvalue weighted by atomic mass is 16.5. The largest absolute Gasteiger partial charge is 0.463 e. The van der Waals surface area contributed by atoms with E-state index in [2.05, 4.69) is 0 Å². The SMILES string of the molecule is CCOC(=O)C1=C(C(=O)OCC)CCCCCC1. The molecule has 0 N–H and O–H groups in total. The second kappa shape index (κ2) is 7.90. The van der Waals surface area contributed by atoms with Crippen LogP contribution in [0.4, 0.5) is 0 Å². The Balaban J connectivity index is 2.96. The third kappa shape index (κ3) is 4.17. The van der Waals surface area contributed by atoms with Gasteiger partial charge in [0.15, 0.2) is 0 Å². The molecule has 102 valence electrons. The van der Waals surface area contributed by atoms with E-state index in [0.717, 1.165) is 25.7 Å². The molecule has 0 spiro atoms. The summed E-state index contributed by atoms with van der Waals surface area (Å²) in [6.45, 7) is 4.20. The highest BCUT2D eigenvalue weighted by Gasteiger charge is 2.23. The van der Waals surface area contributed by atoms with E-state index in [9.17, 15) is 9.59 Å². The highest BCUT2D eigenvalue weighted by molar-refractivity contribution is 6.00. The van der Waals surface area contributed by atoms with Crippen LogP contribution < -0.4 is 0 Å². The summed E-state index contributed by atoms with van der Waals surface area (Å²) < 4.78 is 10.1. The lowest BCUT2D eigenvalue weighted by Gasteiger charge is -2.16. The van der Waals surface area contributed by atoms with Gasteiger partial charge in [-0.1, -0.05) is 12.8 Å². The first kappa shape index (κ1) is 14.7. The highest BCUT2D eigenvalue weighted by Crippen LogP contribution is 2.25. The number of hydrogen-bond donors (Lipinski definition) is 0. The van der Waals surface area contributed by atoms with Gasteiger partial charge >= 0.3 is 11.9 Å². The van der Waals surface area contributed by atoms with Crippen molar-refractivity contribution >= 4 is 11.9 Å². The number of ether oxygens (including phenoxy) is 2. The third-order valence-electron chi connectivity index (χ3n) is 3.01. The van der Waals surface area contributed by atoms with Crippen molar-refractivity contribution in [3.8, 4) is 0 Å². The zero-order valence-corrected chi connectivity index (χ0v) is 11.3. The second-order valence-corrected chi connectivity index (χ2v) is 4.31. The van der Waals surface area contributed by atoms with E-state index in [1.165, 1.54) is 0 Å². The topological polar surface area (TPSA) is 52.6 Å². The maximum absolute atomic E-state index is 11.9. The molecule has 0 aromatic heterocycles. The smallest absolute Gasteiger partial charge is 0.334 e. The Labute approximate surface area is 108 Å². The van der Waals surface area contributed by atoms with Crippen LogP contribution in [0.2, 0.25) is 0 Å². The molecule has 0 aromatic carbocycles. The summed E-state index contributed by atoms with van der Waals surface area (Å²) in [4.78, 5) is 23.8. The average Bonchev–Trinajstić information content (AvgIpc) is 2.29.